The standard InChI is InChI=1S/C31H55NO20S/c1-15-21(37)27(45-4)23(39)30(47-15)51-26-20(32-16(2)35)29(46-12-10-8-6-5-7-9-11-19(36)44-3)49-18(14-34)25(26)50-31-24(40)28(52-53(41,42)43)22(38)17(13-33)48-31/h15,17-18,20-31,33-34,37-40H,5-14H2,1-4H3,(H,32,35)(H,41,42,43)/t15-,17+,18+,20+,21+,22-,23-,24+,25+,26+,27+,28-,29+,30-,31-/m0/s1. The number of carbonyl (C=O) groups excluding carboxylic acids is 2. The molecule has 0 spiro atoms. The van der Waals surface area contributed by atoms with Crippen molar-refractivity contribution in [3.8, 4) is 0 Å². The molecular weight excluding hydrogens is 738 g/mol. The van der Waals surface area contributed by atoms with E-state index >= 15 is 0 Å². The minimum atomic E-state index is -5.26. The number of unbranched alkanes of at least 4 members (excludes halogenated alkanes) is 5. The Morgan fingerprint density at radius 1 is 0.717 bits per heavy atom. The second-order valence-electron chi connectivity index (χ2n) is 13.1. The Labute approximate surface area is 307 Å². The number of hydrogen-bond donors (Lipinski definition) is 8. The zero-order valence-corrected chi connectivity index (χ0v) is 30.9. The normalized spacial score (nSPS) is 38.0. The Hall–Kier alpha value is -1.71. The van der Waals surface area contributed by atoms with Gasteiger partial charge in [-0.3, -0.25) is 14.1 Å². The number of ether oxygens (including phenoxy) is 8. The van der Waals surface area contributed by atoms with E-state index < -0.39 is 122 Å². The summed E-state index contributed by atoms with van der Waals surface area (Å²) in [4.78, 5) is 23.9. The largest absolute Gasteiger partial charge is 0.469 e. The molecule has 0 unspecified atom stereocenters. The number of esters is 1. The number of aliphatic hydroxyl groups excluding tert-OH is 6. The average molecular weight is 794 g/mol. The van der Waals surface area contributed by atoms with Crippen LogP contribution in [0.5, 0.6) is 0 Å². The molecule has 0 aliphatic carbocycles. The lowest BCUT2D eigenvalue weighted by molar-refractivity contribution is -0.373. The lowest BCUT2D eigenvalue weighted by atomic mass is 9.94. The Morgan fingerprint density at radius 3 is 1.87 bits per heavy atom. The molecule has 0 aromatic rings. The Morgan fingerprint density at radius 2 is 1.28 bits per heavy atom. The van der Waals surface area contributed by atoms with Gasteiger partial charge in [0, 0.05) is 27.1 Å². The van der Waals surface area contributed by atoms with Crippen LogP contribution in [-0.4, -0.2) is 182 Å². The van der Waals surface area contributed by atoms with Gasteiger partial charge in [0.05, 0.1) is 26.4 Å². The molecule has 0 bridgehead atoms. The fourth-order valence-corrected chi connectivity index (χ4v) is 6.91. The third kappa shape index (κ3) is 12.9. The van der Waals surface area contributed by atoms with Crippen LogP contribution in [0.1, 0.15) is 58.8 Å². The van der Waals surface area contributed by atoms with Gasteiger partial charge in [-0.05, 0) is 19.8 Å². The maximum absolute atomic E-state index is 12.6. The predicted molar refractivity (Wildman–Crippen MR) is 175 cm³/mol. The van der Waals surface area contributed by atoms with Gasteiger partial charge in [-0.2, -0.15) is 8.42 Å². The van der Waals surface area contributed by atoms with Crippen LogP contribution in [0.3, 0.4) is 0 Å². The van der Waals surface area contributed by atoms with Gasteiger partial charge in [0.25, 0.3) is 0 Å². The first-order valence-electron chi connectivity index (χ1n) is 17.4. The van der Waals surface area contributed by atoms with Crippen molar-refractivity contribution in [1.29, 1.82) is 0 Å². The number of hydrogen-bond acceptors (Lipinski definition) is 19. The van der Waals surface area contributed by atoms with Gasteiger partial charge in [-0.1, -0.05) is 25.7 Å². The van der Waals surface area contributed by atoms with Gasteiger partial charge in [0.15, 0.2) is 18.9 Å². The zero-order valence-electron chi connectivity index (χ0n) is 30.1. The summed E-state index contributed by atoms with van der Waals surface area (Å²) in [5, 5.41) is 66.1. The van der Waals surface area contributed by atoms with Crippen molar-refractivity contribution in [1.82, 2.24) is 5.32 Å². The molecule has 15 atom stereocenters. The minimum absolute atomic E-state index is 0.117. The third-order valence-electron chi connectivity index (χ3n) is 9.17. The molecule has 53 heavy (non-hydrogen) atoms. The van der Waals surface area contributed by atoms with Crippen LogP contribution in [0.25, 0.3) is 0 Å². The first-order chi connectivity index (χ1) is 25.1. The van der Waals surface area contributed by atoms with E-state index in [1.54, 1.807) is 0 Å². The summed E-state index contributed by atoms with van der Waals surface area (Å²) in [6, 6.07) is -1.29. The molecule has 3 saturated heterocycles. The van der Waals surface area contributed by atoms with Gasteiger partial charge < -0.3 is 73.9 Å². The highest BCUT2D eigenvalue weighted by Gasteiger charge is 2.55. The lowest BCUT2D eigenvalue weighted by Gasteiger charge is -2.50. The van der Waals surface area contributed by atoms with E-state index in [1.807, 2.05) is 0 Å². The van der Waals surface area contributed by atoms with Crippen LogP contribution in [0, 0.1) is 0 Å². The van der Waals surface area contributed by atoms with Crippen molar-refractivity contribution in [2.45, 2.75) is 151 Å². The van der Waals surface area contributed by atoms with E-state index in [2.05, 4.69) is 14.2 Å². The van der Waals surface area contributed by atoms with Crippen molar-refractivity contribution in [2.75, 3.05) is 34.0 Å². The Bertz CT molecular complexity index is 1230. The molecule has 3 rings (SSSR count). The molecule has 0 saturated carbocycles. The molecule has 22 heteroatoms. The molecule has 0 aromatic heterocycles. The highest BCUT2D eigenvalue weighted by molar-refractivity contribution is 7.80. The van der Waals surface area contributed by atoms with Gasteiger partial charge in [0.2, 0.25) is 5.91 Å². The molecule has 3 aliphatic rings. The Kier molecular flexibility index (Phi) is 18.6. The summed E-state index contributed by atoms with van der Waals surface area (Å²) in [6.45, 7) is 1.07. The molecular formula is C31H55NO20S. The number of methoxy groups -OCH3 is 2. The van der Waals surface area contributed by atoms with Crippen molar-refractivity contribution in [3.05, 3.63) is 0 Å². The second-order valence-corrected chi connectivity index (χ2v) is 14.1. The van der Waals surface area contributed by atoms with E-state index in [0.717, 1.165) is 25.7 Å². The topological polar surface area (TPSA) is 305 Å². The van der Waals surface area contributed by atoms with Crippen LogP contribution in [0.15, 0.2) is 0 Å². The highest BCUT2D eigenvalue weighted by Crippen LogP contribution is 2.35. The lowest BCUT2D eigenvalue weighted by Crippen LogP contribution is -2.70. The zero-order chi connectivity index (χ0) is 39.5. The summed E-state index contributed by atoms with van der Waals surface area (Å²) in [5.41, 5.74) is 0. The SMILES string of the molecule is COC(=O)CCCCCCCCO[C@@H]1O[C@H](CO)[C@@H](O[C@@H]2O[C@H](CO)[C@H](O)[C@H](OS(=O)(=O)O)[C@H]2O)[C@H](O[C@@H]2O[C@@H](C)[C@@H](O)[C@@H](OC)[C@@H]2O)[C@H]1NC(C)=O. The van der Waals surface area contributed by atoms with Crippen molar-refractivity contribution in [2.24, 2.45) is 0 Å². The first kappa shape index (κ1) is 45.7. The summed E-state index contributed by atoms with van der Waals surface area (Å²) >= 11 is 0. The maximum atomic E-state index is 12.6. The van der Waals surface area contributed by atoms with E-state index in [1.165, 1.54) is 28.1 Å². The maximum Gasteiger partial charge on any atom is 0.397 e. The number of nitrogens with one attached hydrogen (secondary N) is 1. The van der Waals surface area contributed by atoms with E-state index in [0.29, 0.717) is 19.3 Å². The average Bonchev–Trinajstić information content (AvgIpc) is 3.10. The number of amides is 1. The fraction of sp³-hybridized carbons (Fsp3) is 0.935. The van der Waals surface area contributed by atoms with Gasteiger partial charge in [-0.25, -0.2) is 4.18 Å². The van der Waals surface area contributed by atoms with Crippen LogP contribution in [-0.2, 0) is 62.1 Å². The first-order valence-corrected chi connectivity index (χ1v) is 18.8. The van der Waals surface area contributed by atoms with Crippen LogP contribution in [0.4, 0.5) is 0 Å². The smallest absolute Gasteiger partial charge is 0.397 e. The van der Waals surface area contributed by atoms with E-state index in [9.17, 15) is 53.2 Å². The number of aliphatic hydroxyl groups is 6. The molecule has 8 N–H and O–H groups in total. The molecule has 0 radical (unpaired) electrons. The molecule has 0 aromatic carbocycles. The van der Waals surface area contributed by atoms with Crippen LogP contribution in [0.2, 0.25) is 0 Å². The highest BCUT2D eigenvalue weighted by atomic mass is 32.3. The van der Waals surface area contributed by atoms with E-state index in [-0.39, 0.29) is 12.6 Å². The van der Waals surface area contributed by atoms with Crippen molar-refractivity contribution < 1.29 is 95.3 Å². The number of rotatable bonds is 20. The van der Waals surface area contributed by atoms with Gasteiger partial charge in [-0.15, -0.1) is 0 Å². The second kappa shape index (κ2) is 21.6. The predicted octanol–water partition coefficient (Wildman–Crippen LogP) is -2.99. The minimum Gasteiger partial charge on any atom is -0.469 e. The Balaban J connectivity index is 1.88. The molecule has 21 nitrogen and oxygen atoms in total. The van der Waals surface area contributed by atoms with Crippen molar-refractivity contribution >= 4 is 22.3 Å². The summed E-state index contributed by atoms with van der Waals surface area (Å²) in [7, 11) is -2.67. The summed E-state index contributed by atoms with van der Waals surface area (Å²) < 4.78 is 82.4. The van der Waals surface area contributed by atoms with E-state index in [4.69, 9.17) is 33.2 Å². The molecule has 310 valence electrons. The van der Waals surface area contributed by atoms with Gasteiger partial charge in [0.1, 0.15) is 67.1 Å². The monoisotopic (exact) mass is 793 g/mol. The number of carbonyl (C=O) groups is 2. The summed E-state index contributed by atoms with van der Waals surface area (Å²) in [5.74, 6) is -0.867. The van der Waals surface area contributed by atoms with Crippen molar-refractivity contribution in [3.63, 3.8) is 0 Å². The van der Waals surface area contributed by atoms with Gasteiger partial charge >= 0.3 is 16.4 Å². The third-order valence-corrected chi connectivity index (χ3v) is 9.64. The molecule has 3 fully saturated rings. The fourth-order valence-electron chi connectivity index (χ4n) is 6.40. The van der Waals surface area contributed by atoms with Crippen LogP contribution < -0.4 is 5.32 Å². The molecule has 3 heterocycles. The molecule has 3 aliphatic heterocycles. The quantitative estimate of drug-likeness (QED) is 0.0346. The molecule has 1 amide bonds. The summed E-state index contributed by atoms with van der Waals surface area (Å²) in [6.07, 6.45) is -17.3. The van der Waals surface area contributed by atoms with Crippen LogP contribution >= 0.6 is 0 Å².